The first-order chi connectivity index (χ1) is 8.11. The summed E-state index contributed by atoms with van der Waals surface area (Å²) in [6.07, 6.45) is 1.18. The summed E-state index contributed by atoms with van der Waals surface area (Å²) >= 11 is 0. The van der Waals surface area contributed by atoms with Crippen molar-refractivity contribution in [3.05, 3.63) is 23.7 Å². The summed E-state index contributed by atoms with van der Waals surface area (Å²) in [5, 5.41) is 3.55. The van der Waals surface area contributed by atoms with Crippen LogP contribution in [0.5, 0.6) is 0 Å². The fourth-order valence-corrected chi connectivity index (χ4v) is 2.68. The number of nitrogens with one attached hydrogen (secondary N) is 1. The number of hydrogen-bond donors (Lipinski definition) is 1. The van der Waals surface area contributed by atoms with E-state index in [1.54, 1.807) is 0 Å². The maximum absolute atomic E-state index is 5.76. The van der Waals surface area contributed by atoms with Crippen molar-refractivity contribution in [1.82, 2.24) is 10.2 Å². The van der Waals surface area contributed by atoms with E-state index in [2.05, 4.69) is 43.1 Å². The normalized spacial score (nSPS) is 28.2. The average molecular weight is 236 g/mol. The van der Waals surface area contributed by atoms with Gasteiger partial charge in [-0.05, 0) is 39.3 Å². The Hall–Kier alpha value is -0.800. The number of rotatable bonds is 3. The SMILES string of the molecule is CCC1CNC(C)CN1C(C)c1ccc(C)o1. The second-order valence-electron chi connectivity index (χ2n) is 5.19. The largest absolute Gasteiger partial charge is 0.465 e. The predicted molar refractivity (Wildman–Crippen MR) is 70.1 cm³/mol. The Kier molecular flexibility index (Phi) is 3.89. The fraction of sp³-hybridized carbons (Fsp3) is 0.714. The van der Waals surface area contributed by atoms with Gasteiger partial charge in [-0.15, -0.1) is 0 Å². The second-order valence-corrected chi connectivity index (χ2v) is 5.19. The molecular weight excluding hydrogens is 212 g/mol. The third-order valence-corrected chi connectivity index (χ3v) is 3.80. The molecule has 1 N–H and O–H groups in total. The van der Waals surface area contributed by atoms with E-state index in [-0.39, 0.29) is 0 Å². The molecule has 17 heavy (non-hydrogen) atoms. The van der Waals surface area contributed by atoms with Crippen molar-refractivity contribution >= 4 is 0 Å². The molecule has 2 rings (SSSR count). The lowest BCUT2D eigenvalue weighted by atomic mass is 10.0. The lowest BCUT2D eigenvalue weighted by Gasteiger charge is -2.42. The number of nitrogens with zero attached hydrogens (tertiary/aromatic N) is 1. The van der Waals surface area contributed by atoms with Gasteiger partial charge in [0.25, 0.3) is 0 Å². The van der Waals surface area contributed by atoms with Crippen LogP contribution >= 0.6 is 0 Å². The van der Waals surface area contributed by atoms with E-state index >= 15 is 0 Å². The highest BCUT2D eigenvalue weighted by Gasteiger charge is 2.30. The van der Waals surface area contributed by atoms with Gasteiger partial charge in [0.2, 0.25) is 0 Å². The Morgan fingerprint density at radius 3 is 2.88 bits per heavy atom. The summed E-state index contributed by atoms with van der Waals surface area (Å²) in [5.41, 5.74) is 0. The Labute approximate surface area is 104 Å². The molecule has 3 atom stereocenters. The number of piperazine rings is 1. The van der Waals surface area contributed by atoms with Gasteiger partial charge in [0.1, 0.15) is 11.5 Å². The summed E-state index contributed by atoms with van der Waals surface area (Å²) in [7, 11) is 0. The maximum atomic E-state index is 5.76. The third-order valence-electron chi connectivity index (χ3n) is 3.80. The second kappa shape index (κ2) is 5.23. The summed E-state index contributed by atoms with van der Waals surface area (Å²) in [5.74, 6) is 2.10. The van der Waals surface area contributed by atoms with Crippen LogP contribution in [0.3, 0.4) is 0 Å². The van der Waals surface area contributed by atoms with E-state index in [1.165, 1.54) is 6.42 Å². The van der Waals surface area contributed by atoms with Crippen LogP contribution in [0, 0.1) is 6.92 Å². The van der Waals surface area contributed by atoms with E-state index in [0.717, 1.165) is 24.6 Å². The van der Waals surface area contributed by atoms with Crippen molar-refractivity contribution in [3.8, 4) is 0 Å². The molecule has 1 aliphatic heterocycles. The van der Waals surface area contributed by atoms with Gasteiger partial charge in [0.05, 0.1) is 6.04 Å². The molecule has 3 unspecified atom stereocenters. The molecule has 96 valence electrons. The van der Waals surface area contributed by atoms with Gasteiger partial charge in [0, 0.05) is 25.2 Å². The van der Waals surface area contributed by atoms with E-state index in [1.807, 2.05) is 6.92 Å². The molecule has 0 aromatic carbocycles. The van der Waals surface area contributed by atoms with Gasteiger partial charge in [-0.1, -0.05) is 6.92 Å². The molecule has 3 heteroatoms. The topological polar surface area (TPSA) is 28.4 Å². The standard InChI is InChI=1S/C14H24N2O/c1-5-13-8-15-10(2)9-16(13)12(4)14-7-6-11(3)17-14/h6-7,10,12-13,15H,5,8-9H2,1-4H3. The summed E-state index contributed by atoms with van der Waals surface area (Å²) in [4.78, 5) is 2.57. The number of aryl methyl sites for hydroxylation is 1. The molecule has 0 aliphatic carbocycles. The molecule has 0 amide bonds. The molecule has 1 fully saturated rings. The zero-order valence-electron chi connectivity index (χ0n) is 11.4. The first-order valence-corrected chi connectivity index (χ1v) is 6.67. The van der Waals surface area contributed by atoms with Gasteiger partial charge in [-0.2, -0.15) is 0 Å². The zero-order valence-corrected chi connectivity index (χ0v) is 11.4. The van der Waals surface area contributed by atoms with Crippen molar-refractivity contribution < 1.29 is 4.42 Å². The lowest BCUT2D eigenvalue weighted by Crippen LogP contribution is -2.55. The molecule has 0 bridgehead atoms. The number of furan rings is 1. The molecular formula is C14H24N2O. The minimum absolute atomic E-state index is 0.373. The highest BCUT2D eigenvalue weighted by molar-refractivity contribution is 5.10. The molecule has 2 heterocycles. The van der Waals surface area contributed by atoms with E-state index in [4.69, 9.17) is 4.42 Å². The molecule has 1 saturated heterocycles. The van der Waals surface area contributed by atoms with Gasteiger partial charge >= 0.3 is 0 Å². The summed E-state index contributed by atoms with van der Waals surface area (Å²) in [6, 6.07) is 5.72. The number of hydrogen-bond acceptors (Lipinski definition) is 3. The minimum Gasteiger partial charge on any atom is -0.465 e. The highest BCUT2D eigenvalue weighted by Crippen LogP contribution is 2.26. The summed E-state index contributed by atoms with van der Waals surface area (Å²) in [6.45, 7) is 10.9. The van der Waals surface area contributed by atoms with Gasteiger partial charge in [0.15, 0.2) is 0 Å². The Bertz CT molecular complexity index is 361. The summed E-state index contributed by atoms with van der Waals surface area (Å²) < 4.78 is 5.76. The quantitative estimate of drug-likeness (QED) is 0.874. The highest BCUT2D eigenvalue weighted by atomic mass is 16.3. The van der Waals surface area contributed by atoms with E-state index in [9.17, 15) is 0 Å². The van der Waals surface area contributed by atoms with Gasteiger partial charge in [-0.25, -0.2) is 0 Å². The van der Waals surface area contributed by atoms with Crippen LogP contribution in [-0.4, -0.2) is 30.1 Å². The molecule has 1 aliphatic rings. The Balaban J connectivity index is 2.12. The van der Waals surface area contributed by atoms with Crippen LogP contribution in [0.15, 0.2) is 16.5 Å². The van der Waals surface area contributed by atoms with E-state index in [0.29, 0.717) is 18.1 Å². The fourth-order valence-electron chi connectivity index (χ4n) is 2.68. The van der Waals surface area contributed by atoms with Gasteiger partial charge < -0.3 is 9.73 Å². The van der Waals surface area contributed by atoms with Crippen molar-refractivity contribution in [2.24, 2.45) is 0 Å². The lowest BCUT2D eigenvalue weighted by molar-refractivity contribution is 0.0795. The van der Waals surface area contributed by atoms with Crippen LogP contribution in [0.25, 0.3) is 0 Å². The molecule has 1 aromatic rings. The monoisotopic (exact) mass is 236 g/mol. The Morgan fingerprint density at radius 2 is 2.29 bits per heavy atom. The van der Waals surface area contributed by atoms with Crippen LogP contribution in [0.2, 0.25) is 0 Å². The van der Waals surface area contributed by atoms with E-state index < -0.39 is 0 Å². The molecule has 0 radical (unpaired) electrons. The smallest absolute Gasteiger partial charge is 0.121 e. The predicted octanol–water partition coefficient (Wildman–Crippen LogP) is 2.72. The van der Waals surface area contributed by atoms with Crippen molar-refractivity contribution in [1.29, 1.82) is 0 Å². The first-order valence-electron chi connectivity index (χ1n) is 6.67. The third kappa shape index (κ3) is 2.72. The van der Waals surface area contributed by atoms with Crippen LogP contribution in [0.1, 0.15) is 44.8 Å². The van der Waals surface area contributed by atoms with Crippen molar-refractivity contribution in [3.63, 3.8) is 0 Å². The van der Waals surface area contributed by atoms with Crippen LogP contribution in [0.4, 0.5) is 0 Å². The average Bonchev–Trinajstić information content (AvgIpc) is 2.75. The maximum Gasteiger partial charge on any atom is 0.121 e. The van der Waals surface area contributed by atoms with Crippen molar-refractivity contribution in [2.45, 2.75) is 52.2 Å². The molecule has 1 aromatic heterocycles. The van der Waals surface area contributed by atoms with Gasteiger partial charge in [-0.3, -0.25) is 4.90 Å². The molecule has 0 saturated carbocycles. The molecule has 3 nitrogen and oxygen atoms in total. The van der Waals surface area contributed by atoms with Crippen LogP contribution < -0.4 is 5.32 Å². The zero-order chi connectivity index (χ0) is 12.4. The van der Waals surface area contributed by atoms with Crippen LogP contribution in [-0.2, 0) is 0 Å². The first kappa shape index (κ1) is 12.7. The Morgan fingerprint density at radius 1 is 1.53 bits per heavy atom. The molecule has 0 spiro atoms. The van der Waals surface area contributed by atoms with Crippen molar-refractivity contribution in [2.75, 3.05) is 13.1 Å². The minimum atomic E-state index is 0.373.